The summed E-state index contributed by atoms with van der Waals surface area (Å²) in [5.41, 5.74) is 5.35. The maximum atomic E-state index is 11.8. The first-order valence-electron chi connectivity index (χ1n) is 6.12. The molecule has 0 aliphatic carbocycles. The summed E-state index contributed by atoms with van der Waals surface area (Å²) in [6.45, 7) is 4.25. The van der Waals surface area contributed by atoms with E-state index in [0.717, 1.165) is 5.56 Å². The SMILES string of the molecule is CC(C)c1ccc(C(=O)N/N=C/c2ccsc2)cc1. The molecule has 1 aromatic carbocycles. The van der Waals surface area contributed by atoms with Gasteiger partial charge in [-0.1, -0.05) is 26.0 Å². The second-order valence-electron chi connectivity index (χ2n) is 4.53. The minimum absolute atomic E-state index is 0.193. The molecule has 19 heavy (non-hydrogen) atoms. The van der Waals surface area contributed by atoms with E-state index in [1.165, 1.54) is 5.56 Å². The van der Waals surface area contributed by atoms with Gasteiger partial charge in [-0.05, 0) is 40.4 Å². The van der Waals surface area contributed by atoms with Crippen LogP contribution in [0.2, 0.25) is 0 Å². The molecule has 0 unspecified atom stereocenters. The van der Waals surface area contributed by atoms with Gasteiger partial charge >= 0.3 is 0 Å². The predicted molar refractivity (Wildman–Crippen MR) is 79.9 cm³/mol. The highest BCUT2D eigenvalue weighted by Crippen LogP contribution is 2.14. The van der Waals surface area contributed by atoms with Crippen LogP contribution in [0.3, 0.4) is 0 Å². The van der Waals surface area contributed by atoms with Crippen molar-refractivity contribution in [2.24, 2.45) is 5.10 Å². The summed E-state index contributed by atoms with van der Waals surface area (Å²) < 4.78 is 0. The van der Waals surface area contributed by atoms with Crippen LogP contribution in [-0.4, -0.2) is 12.1 Å². The van der Waals surface area contributed by atoms with Crippen molar-refractivity contribution in [1.82, 2.24) is 5.43 Å². The molecule has 1 aromatic heterocycles. The lowest BCUT2D eigenvalue weighted by molar-refractivity contribution is 0.0955. The Morgan fingerprint density at radius 3 is 2.58 bits per heavy atom. The van der Waals surface area contributed by atoms with Crippen molar-refractivity contribution in [3.8, 4) is 0 Å². The van der Waals surface area contributed by atoms with Gasteiger partial charge in [0.15, 0.2) is 0 Å². The number of thiophene rings is 1. The lowest BCUT2D eigenvalue weighted by Gasteiger charge is -2.05. The third-order valence-electron chi connectivity index (χ3n) is 2.76. The summed E-state index contributed by atoms with van der Waals surface area (Å²) in [5, 5.41) is 7.86. The first kappa shape index (κ1) is 13.5. The largest absolute Gasteiger partial charge is 0.271 e. The normalized spacial score (nSPS) is 11.1. The summed E-state index contributed by atoms with van der Waals surface area (Å²) in [6.07, 6.45) is 1.64. The molecule has 0 aliphatic heterocycles. The molecule has 98 valence electrons. The Kier molecular flexibility index (Phi) is 4.47. The first-order chi connectivity index (χ1) is 9.16. The minimum atomic E-state index is -0.193. The van der Waals surface area contributed by atoms with Crippen molar-refractivity contribution in [3.63, 3.8) is 0 Å². The Bertz CT molecular complexity index is 556. The zero-order valence-corrected chi connectivity index (χ0v) is 11.8. The molecule has 0 bridgehead atoms. The molecule has 2 aromatic rings. The number of nitrogens with zero attached hydrogens (tertiary/aromatic N) is 1. The van der Waals surface area contributed by atoms with E-state index in [1.54, 1.807) is 17.6 Å². The number of carbonyl (C=O) groups excluding carboxylic acids is 1. The number of hydrogen-bond donors (Lipinski definition) is 1. The Morgan fingerprint density at radius 2 is 2.00 bits per heavy atom. The van der Waals surface area contributed by atoms with Gasteiger partial charge in [-0.3, -0.25) is 4.79 Å². The second kappa shape index (κ2) is 6.29. The molecule has 1 N–H and O–H groups in total. The highest BCUT2D eigenvalue weighted by Gasteiger charge is 2.05. The molecule has 0 saturated heterocycles. The van der Waals surface area contributed by atoms with Crippen LogP contribution in [0.15, 0.2) is 46.2 Å². The molecule has 1 heterocycles. The molecule has 1 amide bonds. The summed E-state index contributed by atoms with van der Waals surface area (Å²) in [7, 11) is 0. The molecule has 0 fully saturated rings. The smallest absolute Gasteiger partial charge is 0.267 e. The van der Waals surface area contributed by atoms with Crippen molar-refractivity contribution in [2.45, 2.75) is 19.8 Å². The number of nitrogens with one attached hydrogen (secondary N) is 1. The molecule has 2 rings (SSSR count). The topological polar surface area (TPSA) is 41.5 Å². The van der Waals surface area contributed by atoms with Gasteiger partial charge in [0, 0.05) is 11.1 Å². The van der Waals surface area contributed by atoms with Gasteiger partial charge in [0.1, 0.15) is 0 Å². The van der Waals surface area contributed by atoms with Gasteiger partial charge in [-0.15, -0.1) is 0 Å². The highest BCUT2D eigenvalue weighted by molar-refractivity contribution is 7.08. The van der Waals surface area contributed by atoms with Gasteiger partial charge in [0.25, 0.3) is 5.91 Å². The van der Waals surface area contributed by atoms with Crippen molar-refractivity contribution in [3.05, 3.63) is 57.8 Å². The average Bonchev–Trinajstić information content (AvgIpc) is 2.92. The van der Waals surface area contributed by atoms with Crippen LogP contribution in [0.5, 0.6) is 0 Å². The van der Waals surface area contributed by atoms with E-state index in [0.29, 0.717) is 11.5 Å². The quantitative estimate of drug-likeness (QED) is 0.670. The van der Waals surface area contributed by atoms with Gasteiger partial charge < -0.3 is 0 Å². The second-order valence-corrected chi connectivity index (χ2v) is 5.31. The van der Waals surface area contributed by atoms with Gasteiger partial charge in [0.2, 0.25) is 0 Å². The number of benzene rings is 1. The van der Waals surface area contributed by atoms with E-state index in [9.17, 15) is 4.79 Å². The van der Waals surface area contributed by atoms with Crippen LogP contribution in [0.4, 0.5) is 0 Å². The molecular weight excluding hydrogens is 256 g/mol. The minimum Gasteiger partial charge on any atom is -0.267 e. The van der Waals surface area contributed by atoms with Crippen molar-refractivity contribution in [2.75, 3.05) is 0 Å². The maximum absolute atomic E-state index is 11.8. The Hall–Kier alpha value is -1.94. The fourth-order valence-electron chi connectivity index (χ4n) is 1.60. The van der Waals surface area contributed by atoms with Gasteiger partial charge in [-0.2, -0.15) is 16.4 Å². The maximum Gasteiger partial charge on any atom is 0.271 e. The van der Waals surface area contributed by atoms with E-state index in [1.807, 2.05) is 41.1 Å². The van der Waals surface area contributed by atoms with E-state index >= 15 is 0 Å². The number of rotatable bonds is 4. The summed E-state index contributed by atoms with van der Waals surface area (Å²) >= 11 is 1.60. The molecule has 0 saturated carbocycles. The van der Waals surface area contributed by atoms with E-state index in [4.69, 9.17) is 0 Å². The Labute approximate surface area is 117 Å². The van der Waals surface area contributed by atoms with Crippen molar-refractivity contribution in [1.29, 1.82) is 0 Å². The van der Waals surface area contributed by atoms with Crippen LogP contribution in [0.1, 0.15) is 41.3 Å². The molecule has 0 spiro atoms. The molecular formula is C15H16N2OS. The van der Waals surface area contributed by atoms with Crippen LogP contribution in [-0.2, 0) is 0 Å². The van der Waals surface area contributed by atoms with Crippen LogP contribution in [0.25, 0.3) is 0 Å². The highest BCUT2D eigenvalue weighted by atomic mass is 32.1. The monoisotopic (exact) mass is 272 g/mol. The molecule has 0 radical (unpaired) electrons. The van der Waals surface area contributed by atoms with E-state index in [-0.39, 0.29) is 5.91 Å². The fourth-order valence-corrected chi connectivity index (χ4v) is 2.21. The standard InChI is InChI=1S/C15H16N2OS/c1-11(2)13-3-5-14(6-4-13)15(18)17-16-9-12-7-8-19-10-12/h3-11H,1-2H3,(H,17,18)/b16-9+. The fraction of sp³-hybridized carbons (Fsp3) is 0.200. The number of amides is 1. The average molecular weight is 272 g/mol. The number of carbonyl (C=O) groups is 1. The molecule has 3 nitrogen and oxygen atoms in total. The zero-order chi connectivity index (χ0) is 13.7. The van der Waals surface area contributed by atoms with Gasteiger partial charge in [-0.25, -0.2) is 5.43 Å². The van der Waals surface area contributed by atoms with Gasteiger partial charge in [0.05, 0.1) is 6.21 Å². The Balaban J connectivity index is 1.96. The Morgan fingerprint density at radius 1 is 1.26 bits per heavy atom. The summed E-state index contributed by atoms with van der Waals surface area (Å²) in [6, 6.07) is 9.54. The van der Waals surface area contributed by atoms with E-state index < -0.39 is 0 Å². The van der Waals surface area contributed by atoms with Crippen LogP contribution >= 0.6 is 11.3 Å². The van der Waals surface area contributed by atoms with Crippen molar-refractivity contribution >= 4 is 23.5 Å². The zero-order valence-electron chi connectivity index (χ0n) is 11.0. The first-order valence-corrected chi connectivity index (χ1v) is 7.06. The molecule has 0 aliphatic rings. The summed E-state index contributed by atoms with van der Waals surface area (Å²) in [4.78, 5) is 11.8. The van der Waals surface area contributed by atoms with Crippen molar-refractivity contribution < 1.29 is 4.79 Å². The summed E-state index contributed by atoms with van der Waals surface area (Å²) in [5.74, 6) is 0.274. The third kappa shape index (κ3) is 3.76. The number of hydrogen-bond acceptors (Lipinski definition) is 3. The lowest BCUT2D eigenvalue weighted by Crippen LogP contribution is -2.17. The van der Waals surface area contributed by atoms with E-state index in [2.05, 4.69) is 24.4 Å². The lowest BCUT2D eigenvalue weighted by atomic mass is 10.0. The van der Waals surface area contributed by atoms with Crippen LogP contribution < -0.4 is 5.43 Å². The molecule has 0 atom stereocenters. The van der Waals surface area contributed by atoms with Crippen LogP contribution in [0, 0.1) is 0 Å². The third-order valence-corrected chi connectivity index (χ3v) is 3.46. The number of hydrazone groups is 1. The molecule has 4 heteroatoms. The predicted octanol–water partition coefficient (Wildman–Crippen LogP) is 3.64.